The molecule has 0 saturated heterocycles. The van der Waals surface area contributed by atoms with E-state index in [0.717, 1.165) is 0 Å². The van der Waals surface area contributed by atoms with Gasteiger partial charge in [0.1, 0.15) is 12.1 Å². The predicted molar refractivity (Wildman–Crippen MR) is 88.3 cm³/mol. The van der Waals surface area contributed by atoms with Gasteiger partial charge in [0.25, 0.3) is 0 Å². The molecule has 2 amide bonds. The van der Waals surface area contributed by atoms with Crippen molar-refractivity contribution in [3.05, 3.63) is 18.2 Å². The molecule has 0 aliphatic heterocycles. The summed E-state index contributed by atoms with van der Waals surface area (Å²) < 4.78 is 0. The third-order valence-electron chi connectivity index (χ3n) is 3.47. The minimum atomic E-state index is -1.28. The van der Waals surface area contributed by atoms with Crippen molar-refractivity contribution >= 4 is 17.8 Å². The number of nitrogens with one attached hydrogen (secondary N) is 3. The Kier molecular flexibility index (Phi) is 8.02. The normalized spacial score (nSPS) is 14.6. The molecule has 1 aromatic heterocycles. The minimum absolute atomic E-state index is 0.0476. The van der Waals surface area contributed by atoms with Crippen molar-refractivity contribution < 1.29 is 24.6 Å². The van der Waals surface area contributed by atoms with Gasteiger partial charge in [-0.25, -0.2) is 9.78 Å². The molecule has 0 aromatic carbocycles. The Labute approximate surface area is 145 Å². The maximum atomic E-state index is 12.1. The molecule has 1 aromatic rings. The number of rotatable bonds is 10. The summed E-state index contributed by atoms with van der Waals surface area (Å²) in [4.78, 5) is 42.0. The quantitative estimate of drug-likeness (QED) is 0.292. The van der Waals surface area contributed by atoms with E-state index in [0.29, 0.717) is 5.69 Å². The van der Waals surface area contributed by atoms with Gasteiger partial charge in [0.15, 0.2) is 0 Å². The first-order valence-corrected chi connectivity index (χ1v) is 7.91. The molecule has 0 aliphatic rings. The first kappa shape index (κ1) is 20.6. The van der Waals surface area contributed by atoms with Crippen LogP contribution in [0.5, 0.6) is 0 Å². The average Bonchev–Trinajstić information content (AvgIpc) is 3.03. The number of nitrogens with two attached hydrogens (primary N) is 1. The number of aliphatic hydroxyl groups excluding tert-OH is 1. The zero-order valence-electron chi connectivity index (χ0n) is 14.2. The summed E-state index contributed by atoms with van der Waals surface area (Å²) in [5.74, 6) is -2.55. The van der Waals surface area contributed by atoms with Gasteiger partial charge >= 0.3 is 5.97 Å². The number of aromatic nitrogens is 2. The number of nitrogens with zero attached hydrogens (tertiary/aromatic N) is 1. The van der Waals surface area contributed by atoms with Crippen LogP contribution in [0.3, 0.4) is 0 Å². The van der Waals surface area contributed by atoms with Gasteiger partial charge in [0.05, 0.1) is 19.0 Å². The summed E-state index contributed by atoms with van der Waals surface area (Å²) in [7, 11) is 0. The number of amides is 2. The molecule has 0 saturated carbocycles. The minimum Gasteiger partial charge on any atom is -0.480 e. The summed E-state index contributed by atoms with van der Waals surface area (Å²) >= 11 is 0. The van der Waals surface area contributed by atoms with Gasteiger partial charge in [0.2, 0.25) is 11.8 Å². The van der Waals surface area contributed by atoms with Gasteiger partial charge in [-0.3, -0.25) is 9.59 Å². The van der Waals surface area contributed by atoms with E-state index in [-0.39, 0.29) is 18.8 Å². The van der Waals surface area contributed by atoms with Gasteiger partial charge in [-0.15, -0.1) is 0 Å². The molecule has 10 heteroatoms. The van der Waals surface area contributed by atoms with Crippen molar-refractivity contribution in [2.24, 2.45) is 11.7 Å². The lowest BCUT2D eigenvalue weighted by molar-refractivity contribution is -0.143. The fraction of sp³-hybridized carbons (Fsp3) is 0.600. The molecule has 3 atom stereocenters. The summed E-state index contributed by atoms with van der Waals surface area (Å²) in [6.45, 7) is 2.96. The van der Waals surface area contributed by atoms with Gasteiger partial charge in [0, 0.05) is 18.3 Å². The number of carbonyl (C=O) groups is 3. The van der Waals surface area contributed by atoms with Crippen molar-refractivity contribution in [1.82, 2.24) is 20.6 Å². The molecule has 0 spiro atoms. The molecule has 3 unspecified atom stereocenters. The molecular weight excluding hydrogens is 330 g/mol. The molecule has 1 heterocycles. The number of carboxylic acid groups (broad SMARTS) is 1. The van der Waals surface area contributed by atoms with E-state index in [2.05, 4.69) is 20.6 Å². The summed E-state index contributed by atoms with van der Waals surface area (Å²) in [5.41, 5.74) is 6.41. The number of hydrogen-bond donors (Lipinski definition) is 6. The molecule has 0 aliphatic carbocycles. The van der Waals surface area contributed by atoms with Gasteiger partial charge in [-0.05, 0) is 12.3 Å². The SMILES string of the molecule is CC(C)CC(NC(=O)C(CO)NC(=O)C(N)Cc1cnc[nH]1)C(=O)O. The molecule has 0 fully saturated rings. The standard InChI is InChI=1S/C15H25N5O5/c1-8(2)3-11(15(24)25)19-14(23)12(6-21)20-13(22)10(16)4-9-5-17-7-18-9/h5,7-8,10-12,21H,3-4,6,16H2,1-2H3,(H,17,18)(H,19,23)(H,20,22)(H,24,25). The fourth-order valence-corrected chi connectivity index (χ4v) is 2.16. The zero-order valence-corrected chi connectivity index (χ0v) is 14.2. The van der Waals surface area contributed by atoms with Crippen molar-refractivity contribution in [1.29, 1.82) is 0 Å². The van der Waals surface area contributed by atoms with Gasteiger partial charge in [-0.2, -0.15) is 0 Å². The fourth-order valence-electron chi connectivity index (χ4n) is 2.16. The summed E-state index contributed by atoms with van der Waals surface area (Å²) in [6.07, 6.45) is 3.38. The topological polar surface area (TPSA) is 170 Å². The third kappa shape index (κ3) is 6.89. The lowest BCUT2D eigenvalue weighted by Gasteiger charge is -2.22. The Morgan fingerprint density at radius 3 is 2.36 bits per heavy atom. The van der Waals surface area contributed by atoms with E-state index >= 15 is 0 Å². The van der Waals surface area contributed by atoms with Crippen LogP contribution in [0.15, 0.2) is 12.5 Å². The van der Waals surface area contributed by atoms with Crippen LogP contribution in [-0.2, 0) is 20.8 Å². The molecule has 7 N–H and O–H groups in total. The number of aliphatic hydroxyl groups is 1. The predicted octanol–water partition coefficient (Wildman–Crippen LogP) is -1.63. The Morgan fingerprint density at radius 1 is 1.24 bits per heavy atom. The Hall–Kier alpha value is -2.46. The maximum Gasteiger partial charge on any atom is 0.326 e. The molecule has 1 rings (SSSR count). The van der Waals surface area contributed by atoms with Crippen LogP contribution in [0.1, 0.15) is 26.0 Å². The van der Waals surface area contributed by atoms with Crippen molar-refractivity contribution in [3.8, 4) is 0 Å². The van der Waals surface area contributed by atoms with Crippen molar-refractivity contribution in [2.45, 2.75) is 44.8 Å². The van der Waals surface area contributed by atoms with Gasteiger partial charge in [-0.1, -0.05) is 13.8 Å². The average molecular weight is 355 g/mol. The number of aliphatic carboxylic acids is 1. The summed E-state index contributed by atoms with van der Waals surface area (Å²) in [5, 5.41) is 23.1. The van der Waals surface area contributed by atoms with E-state index < -0.39 is 42.5 Å². The number of carboxylic acids is 1. The smallest absolute Gasteiger partial charge is 0.326 e. The highest BCUT2D eigenvalue weighted by Crippen LogP contribution is 2.05. The zero-order chi connectivity index (χ0) is 19.0. The van der Waals surface area contributed by atoms with Crippen molar-refractivity contribution in [3.63, 3.8) is 0 Å². The number of H-pyrrole nitrogens is 1. The Morgan fingerprint density at radius 2 is 1.88 bits per heavy atom. The monoisotopic (exact) mass is 355 g/mol. The second-order valence-corrected chi connectivity index (χ2v) is 6.16. The van der Waals surface area contributed by atoms with E-state index in [1.807, 2.05) is 13.8 Å². The van der Waals surface area contributed by atoms with Crippen LogP contribution >= 0.6 is 0 Å². The lowest BCUT2D eigenvalue weighted by atomic mass is 10.0. The van der Waals surface area contributed by atoms with E-state index in [4.69, 9.17) is 10.8 Å². The van der Waals surface area contributed by atoms with E-state index in [1.54, 1.807) is 0 Å². The molecule has 0 radical (unpaired) electrons. The third-order valence-corrected chi connectivity index (χ3v) is 3.47. The second-order valence-electron chi connectivity index (χ2n) is 6.16. The van der Waals surface area contributed by atoms with Crippen LogP contribution in [0.25, 0.3) is 0 Å². The second kappa shape index (κ2) is 9.74. The molecule has 25 heavy (non-hydrogen) atoms. The Bertz CT molecular complexity index is 575. The highest BCUT2D eigenvalue weighted by molar-refractivity contribution is 5.91. The lowest BCUT2D eigenvalue weighted by Crippen LogP contribution is -2.56. The molecule has 10 nitrogen and oxygen atoms in total. The summed E-state index contributed by atoms with van der Waals surface area (Å²) in [6, 6.07) is -3.33. The van der Waals surface area contributed by atoms with Crippen LogP contribution in [-0.4, -0.2) is 62.7 Å². The number of hydrogen-bond acceptors (Lipinski definition) is 6. The van der Waals surface area contributed by atoms with Crippen LogP contribution in [0.2, 0.25) is 0 Å². The van der Waals surface area contributed by atoms with Crippen LogP contribution in [0.4, 0.5) is 0 Å². The van der Waals surface area contributed by atoms with Crippen LogP contribution in [0, 0.1) is 5.92 Å². The Balaban J connectivity index is 2.62. The maximum absolute atomic E-state index is 12.1. The first-order chi connectivity index (χ1) is 11.7. The molecular formula is C15H25N5O5. The highest BCUT2D eigenvalue weighted by Gasteiger charge is 2.28. The number of aromatic amines is 1. The first-order valence-electron chi connectivity index (χ1n) is 7.91. The molecule has 140 valence electrons. The van der Waals surface area contributed by atoms with Gasteiger partial charge < -0.3 is 31.6 Å². The van der Waals surface area contributed by atoms with E-state index in [9.17, 15) is 19.5 Å². The number of imidazole rings is 1. The number of carbonyl (C=O) groups excluding carboxylic acids is 2. The molecule has 0 bridgehead atoms. The largest absolute Gasteiger partial charge is 0.480 e. The highest BCUT2D eigenvalue weighted by atomic mass is 16.4. The van der Waals surface area contributed by atoms with Crippen LogP contribution < -0.4 is 16.4 Å². The van der Waals surface area contributed by atoms with E-state index in [1.165, 1.54) is 12.5 Å². The van der Waals surface area contributed by atoms with Crippen molar-refractivity contribution in [2.75, 3.05) is 6.61 Å².